The van der Waals surface area contributed by atoms with Crippen LogP contribution in [0.25, 0.3) is 5.78 Å². The monoisotopic (exact) mass is 355 g/mol. The Morgan fingerprint density at radius 3 is 2.65 bits per heavy atom. The van der Waals surface area contributed by atoms with Crippen LogP contribution in [0.15, 0.2) is 35.1 Å². The molecular formula is C18H21N5O3. The summed E-state index contributed by atoms with van der Waals surface area (Å²) in [6.45, 7) is 4.86. The third-order valence-electron chi connectivity index (χ3n) is 4.04. The van der Waals surface area contributed by atoms with Gasteiger partial charge in [0.2, 0.25) is 5.95 Å². The number of hydrogen-bond donors (Lipinski definition) is 2. The molecule has 0 saturated heterocycles. The van der Waals surface area contributed by atoms with Crippen molar-refractivity contribution in [2.75, 3.05) is 12.4 Å². The van der Waals surface area contributed by atoms with Gasteiger partial charge < -0.3 is 10.1 Å². The first-order chi connectivity index (χ1) is 12.5. The average Bonchev–Trinajstić information content (AvgIpc) is 3.03. The highest BCUT2D eigenvalue weighted by Gasteiger charge is 2.11. The number of esters is 1. The summed E-state index contributed by atoms with van der Waals surface area (Å²) in [7, 11) is 1.29. The number of ether oxygens (including phenoxy) is 1. The molecule has 0 atom stereocenters. The molecule has 0 aliphatic rings. The molecule has 0 saturated carbocycles. The highest BCUT2D eigenvalue weighted by molar-refractivity contribution is 5.71. The lowest BCUT2D eigenvalue weighted by Gasteiger charge is -2.07. The molecule has 0 spiro atoms. The quantitative estimate of drug-likeness (QED) is 0.655. The Labute approximate surface area is 150 Å². The summed E-state index contributed by atoms with van der Waals surface area (Å²) in [4.78, 5) is 31.9. The van der Waals surface area contributed by atoms with Gasteiger partial charge in [-0.15, -0.1) is 0 Å². The van der Waals surface area contributed by atoms with Gasteiger partial charge in [0.05, 0.1) is 19.2 Å². The number of fused-ring (bicyclic) bond motifs is 1. The van der Waals surface area contributed by atoms with Crippen molar-refractivity contribution in [1.29, 1.82) is 0 Å². The molecule has 0 radical (unpaired) electrons. The number of carbonyl (C=O) groups is 1. The zero-order chi connectivity index (χ0) is 18.7. The van der Waals surface area contributed by atoms with Gasteiger partial charge in [-0.1, -0.05) is 38.1 Å². The summed E-state index contributed by atoms with van der Waals surface area (Å²) >= 11 is 0. The number of anilines is 1. The number of rotatable bonds is 6. The van der Waals surface area contributed by atoms with Crippen LogP contribution in [0.3, 0.4) is 0 Å². The minimum absolute atomic E-state index is 0.0694. The molecule has 26 heavy (non-hydrogen) atoms. The van der Waals surface area contributed by atoms with Crippen LogP contribution >= 0.6 is 0 Å². The van der Waals surface area contributed by atoms with E-state index in [0.29, 0.717) is 24.1 Å². The van der Waals surface area contributed by atoms with Crippen LogP contribution in [-0.2, 0) is 22.5 Å². The number of H-pyrrole nitrogens is 1. The second-order valence-electron chi connectivity index (χ2n) is 6.30. The van der Waals surface area contributed by atoms with Crippen molar-refractivity contribution in [3.63, 3.8) is 0 Å². The predicted molar refractivity (Wildman–Crippen MR) is 97.2 cm³/mol. The molecule has 0 bridgehead atoms. The van der Waals surface area contributed by atoms with E-state index >= 15 is 0 Å². The molecule has 0 aliphatic heterocycles. The van der Waals surface area contributed by atoms with Crippen LogP contribution in [0, 0.1) is 0 Å². The Hall–Kier alpha value is -3.16. The first kappa shape index (κ1) is 17.7. The largest absolute Gasteiger partial charge is 0.469 e. The molecule has 2 heterocycles. The summed E-state index contributed by atoms with van der Waals surface area (Å²) < 4.78 is 5.82. The fourth-order valence-corrected chi connectivity index (χ4v) is 2.52. The predicted octanol–water partition coefficient (Wildman–Crippen LogP) is 1.87. The Bertz CT molecular complexity index is 973. The maximum absolute atomic E-state index is 12.1. The Balaban J connectivity index is 1.75. The van der Waals surface area contributed by atoms with Crippen LogP contribution in [0.4, 0.5) is 5.95 Å². The van der Waals surface area contributed by atoms with Gasteiger partial charge in [-0.25, -0.2) is 4.98 Å². The molecule has 8 nitrogen and oxygen atoms in total. The molecular weight excluding hydrogens is 334 g/mol. The van der Waals surface area contributed by atoms with Crippen molar-refractivity contribution < 1.29 is 9.53 Å². The second-order valence-corrected chi connectivity index (χ2v) is 6.30. The van der Waals surface area contributed by atoms with E-state index in [4.69, 9.17) is 0 Å². The van der Waals surface area contributed by atoms with Gasteiger partial charge in [-0.05, 0) is 17.0 Å². The SMILES string of the molecule is COC(=O)Cc1cc(=O)n2[nH]c(NCc3ccc(C(C)C)cc3)nc2n1. The van der Waals surface area contributed by atoms with Crippen LogP contribution in [-0.4, -0.2) is 32.7 Å². The van der Waals surface area contributed by atoms with Crippen molar-refractivity contribution in [2.24, 2.45) is 0 Å². The zero-order valence-electron chi connectivity index (χ0n) is 14.9. The van der Waals surface area contributed by atoms with Gasteiger partial charge in [-0.3, -0.25) is 14.7 Å². The van der Waals surface area contributed by atoms with Crippen LogP contribution in [0.5, 0.6) is 0 Å². The van der Waals surface area contributed by atoms with E-state index in [1.807, 2.05) is 0 Å². The van der Waals surface area contributed by atoms with Crippen LogP contribution < -0.4 is 10.9 Å². The first-order valence-electron chi connectivity index (χ1n) is 8.34. The molecule has 3 rings (SSSR count). The minimum atomic E-state index is -0.458. The van der Waals surface area contributed by atoms with Crippen LogP contribution in [0.1, 0.15) is 36.6 Å². The van der Waals surface area contributed by atoms with E-state index in [9.17, 15) is 9.59 Å². The van der Waals surface area contributed by atoms with Gasteiger partial charge in [-0.2, -0.15) is 9.50 Å². The lowest BCUT2D eigenvalue weighted by Crippen LogP contribution is -2.17. The van der Waals surface area contributed by atoms with E-state index in [1.165, 1.54) is 23.3 Å². The number of aromatic amines is 1. The molecule has 0 fully saturated rings. The highest BCUT2D eigenvalue weighted by Crippen LogP contribution is 2.15. The number of hydrogen-bond acceptors (Lipinski definition) is 6. The molecule has 3 aromatic rings. The van der Waals surface area contributed by atoms with Crippen molar-refractivity contribution in [2.45, 2.75) is 32.7 Å². The second kappa shape index (κ2) is 7.38. The van der Waals surface area contributed by atoms with Gasteiger partial charge in [0.25, 0.3) is 11.3 Å². The number of benzene rings is 1. The van der Waals surface area contributed by atoms with Crippen molar-refractivity contribution in [3.05, 3.63) is 57.5 Å². The summed E-state index contributed by atoms with van der Waals surface area (Å²) in [5.74, 6) is 0.663. The average molecular weight is 355 g/mol. The van der Waals surface area contributed by atoms with Gasteiger partial charge in [0.15, 0.2) is 0 Å². The smallest absolute Gasteiger partial charge is 0.311 e. The summed E-state index contributed by atoms with van der Waals surface area (Å²) in [6, 6.07) is 9.61. The number of carbonyl (C=O) groups excluding carboxylic acids is 1. The third-order valence-corrected chi connectivity index (χ3v) is 4.04. The van der Waals surface area contributed by atoms with E-state index in [0.717, 1.165) is 5.56 Å². The van der Waals surface area contributed by atoms with E-state index in [1.54, 1.807) is 0 Å². The van der Waals surface area contributed by atoms with Crippen molar-refractivity contribution >= 4 is 17.7 Å². The maximum Gasteiger partial charge on any atom is 0.311 e. The lowest BCUT2D eigenvalue weighted by molar-refractivity contribution is -0.139. The molecule has 8 heteroatoms. The fraction of sp³-hybridized carbons (Fsp3) is 0.333. The van der Waals surface area contributed by atoms with Crippen molar-refractivity contribution in [1.82, 2.24) is 19.6 Å². The molecule has 0 unspecified atom stereocenters. The summed E-state index contributed by atoms with van der Waals surface area (Å²) in [5, 5.41) is 6.00. The molecule has 2 N–H and O–H groups in total. The lowest BCUT2D eigenvalue weighted by atomic mass is 10.0. The number of nitrogens with one attached hydrogen (secondary N) is 2. The summed E-state index contributed by atoms with van der Waals surface area (Å²) in [6.07, 6.45) is -0.0694. The van der Waals surface area contributed by atoms with Gasteiger partial charge in [0, 0.05) is 12.6 Å². The van der Waals surface area contributed by atoms with Crippen molar-refractivity contribution in [3.8, 4) is 0 Å². The molecule has 2 aromatic heterocycles. The number of methoxy groups -OCH3 is 1. The number of nitrogens with zero attached hydrogens (tertiary/aromatic N) is 3. The minimum Gasteiger partial charge on any atom is -0.469 e. The van der Waals surface area contributed by atoms with Gasteiger partial charge in [0.1, 0.15) is 0 Å². The number of aromatic nitrogens is 4. The van der Waals surface area contributed by atoms with Crippen LogP contribution in [0.2, 0.25) is 0 Å². The molecule has 0 amide bonds. The standard InChI is InChI=1S/C18H21N5O3/c1-11(2)13-6-4-12(5-7-13)10-19-17-21-18-20-14(9-16(25)26-3)8-15(24)23(18)22-17/h4-8,11H,9-10H2,1-3H3,(H2,19,20,21,22). The van der Waals surface area contributed by atoms with Gasteiger partial charge >= 0.3 is 5.97 Å². The topological polar surface area (TPSA) is 101 Å². The third kappa shape index (κ3) is 3.90. The Morgan fingerprint density at radius 2 is 2.00 bits per heavy atom. The normalized spacial score (nSPS) is 11.1. The van der Waals surface area contributed by atoms with E-state index in [-0.39, 0.29) is 17.8 Å². The Morgan fingerprint density at radius 1 is 1.27 bits per heavy atom. The zero-order valence-corrected chi connectivity index (χ0v) is 14.9. The first-order valence-corrected chi connectivity index (χ1v) is 8.34. The fourth-order valence-electron chi connectivity index (χ4n) is 2.52. The summed E-state index contributed by atoms with van der Waals surface area (Å²) in [5.41, 5.74) is 2.37. The highest BCUT2D eigenvalue weighted by atomic mass is 16.5. The molecule has 0 aliphatic carbocycles. The maximum atomic E-state index is 12.1. The van der Waals surface area contributed by atoms with E-state index in [2.05, 4.69) is 63.2 Å². The Kier molecular flexibility index (Phi) is 5.01. The molecule has 1 aromatic carbocycles. The van der Waals surface area contributed by atoms with E-state index < -0.39 is 5.97 Å². The molecule has 136 valence electrons.